The third-order valence-electron chi connectivity index (χ3n) is 1.90. The Morgan fingerprint density at radius 3 is 2.64 bits per heavy atom. The maximum Gasteiger partial charge on any atom is 0.178 e. The summed E-state index contributed by atoms with van der Waals surface area (Å²) in [5.74, 6) is 0.0172. The van der Waals surface area contributed by atoms with Gasteiger partial charge in [-0.05, 0) is 24.6 Å². The van der Waals surface area contributed by atoms with Crippen LogP contribution in [0.15, 0.2) is 18.2 Å². The molecule has 4 heteroatoms. The lowest BCUT2D eigenvalue weighted by atomic mass is 10.0. The third-order valence-corrected chi connectivity index (χ3v) is 2.96. The summed E-state index contributed by atoms with van der Waals surface area (Å²) in [5.41, 5.74) is 7.97. The molecule has 0 aliphatic carbocycles. The van der Waals surface area contributed by atoms with Gasteiger partial charge in [-0.3, -0.25) is 4.79 Å². The second-order valence-corrected chi connectivity index (χ2v) is 4.97. The Balaban J connectivity index is 3.06. The van der Waals surface area contributed by atoms with Crippen LogP contribution in [-0.2, 0) is 5.33 Å². The lowest BCUT2D eigenvalue weighted by Gasteiger charge is -2.07. The van der Waals surface area contributed by atoms with Gasteiger partial charge in [0.25, 0.3) is 0 Å². The van der Waals surface area contributed by atoms with Crippen molar-refractivity contribution < 1.29 is 4.79 Å². The molecule has 0 saturated heterocycles. The van der Waals surface area contributed by atoms with Crippen molar-refractivity contribution in [2.75, 3.05) is 5.73 Å². The number of hydrogen-bond acceptors (Lipinski definition) is 2. The zero-order chi connectivity index (χ0) is 10.7. The molecule has 0 aliphatic rings. The van der Waals surface area contributed by atoms with E-state index in [0.29, 0.717) is 11.3 Å². The lowest BCUT2D eigenvalue weighted by Crippen LogP contribution is -2.12. The largest absolute Gasteiger partial charge is 0.398 e. The van der Waals surface area contributed by atoms with Crippen molar-refractivity contribution in [1.82, 2.24) is 0 Å². The summed E-state index contributed by atoms with van der Waals surface area (Å²) in [4.78, 5) is 11.4. The van der Waals surface area contributed by atoms with E-state index in [1.807, 2.05) is 12.1 Å². The molecule has 0 saturated carbocycles. The van der Waals surface area contributed by atoms with Crippen LogP contribution in [0.3, 0.4) is 0 Å². The molecule has 1 rings (SSSR count). The number of nitrogen functional groups attached to an aromatic ring is 1. The Kier molecular flexibility index (Phi) is 4.13. The first-order valence-corrected chi connectivity index (χ1v) is 6.22. The summed E-state index contributed by atoms with van der Waals surface area (Å²) in [5, 5.41) is 0.746. The van der Waals surface area contributed by atoms with E-state index in [1.165, 1.54) is 0 Å². The summed E-state index contributed by atoms with van der Waals surface area (Å²) >= 11 is 6.56. The van der Waals surface area contributed by atoms with Gasteiger partial charge in [-0.1, -0.05) is 37.9 Å². The highest BCUT2D eigenvalue weighted by Gasteiger charge is 2.14. The first kappa shape index (κ1) is 11.7. The van der Waals surface area contributed by atoms with Crippen LogP contribution in [0, 0.1) is 0 Å². The third kappa shape index (κ3) is 2.58. The standard InChI is InChI=1S/C10H11Br2NO/c1-6(12)10(14)8-3-2-7(5-11)4-9(8)13/h2-4,6H,5,13H2,1H3. The minimum atomic E-state index is -0.195. The first-order chi connectivity index (χ1) is 6.56. The molecule has 2 nitrogen and oxygen atoms in total. The number of carbonyl (C=O) groups is 1. The van der Waals surface area contributed by atoms with Crippen LogP contribution in [0.25, 0.3) is 0 Å². The minimum Gasteiger partial charge on any atom is -0.398 e. The van der Waals surface area contributed by atoms with Gasteiger partial charge in [0.05, 0.1) is 4.83 Å². The predicted octanol–water partition coefficient (Wildman–Crippen LogP) is 3.13. The number of carbonyl (C=O) groups excluding carboxylic acids is 1. The Morgan fingerprint density at radius 1 is 1.57 bits per heavy atom. The van der Waals surface area contributed by atoms with Crippen LogP contribution in [0.5, 0.6) is 0 Å². The molecule has 1 aromatic rings. The molecule has 14 heavy (non-hydrogen) atoms. The van der Waals surface area contributed by atoms with Gasteiger partial charge < -0.3 is 5.73 Å². The summed E-state index contributed by atoms with van der Waals surface area (Å²) in [6.07, 6.45) is 0. The van der Waals surface area contributed by atoms with Gasteiger partial charge in [-0.2, -0.15) is 0 Å². The van der Waals surface area contributed by atoms with E-state index in [0.717, 1.165) is 10.9 Å². The number of rotatable bonds is 3. The Morgan fingerprint density at radius 2 is 2.21 bits per heavy atom. The Labute approximate surface area is 100 Å². The fraction of sp³-hybridized carbons (Fsp3) is 0.300. The predicted molar refractivity (Wildman–Crippen MR) is 66.2 cm³/mol. The number of Topliss-reactive ketones (excluding diaryl/α,β-unsaturated/α-hetero) is 1. The van der Waals surface area contributed by atoms with Crippen LogP contribution in [0.4, 0.5) is 5.69 Å². The van der Waals surface area contributed by atoms with Crippen molar-refractivity contribution in [3.63, 3.8) is 0 Å². The second-order valence-electron chi connectivity index (χ2n) is 3.04. The van der Waals surface area contributed by atoms with E-state index in [1.54, 1.807) is 13.0 Å². The molecule has 0 fully saturated rings. The summed E-state index contributed by atoms with van der Waals surface area (Å²) in [6, 6.07) is 5.48. The Bertz CT molecular complexity index is 350. The molecular weight excluding hydrogens is 310 g/mol. The number of hydrogen-bond donors (Lipinski definition) is 1. The van der Waals surface area contributed by atoms with Crippen molar-refractivity contribution in [2.24, 2.45) is 0 Å². The lowest BCUT2D eigenvalue weighted by molar-refractivity contribution is 0.0996. The van der Waals surface area contributed by atoms with Crippen molar-refractivity contribution in [3.05, 3.63) is 29.3 Å². The molecule has 0 heterocycles. The van der Waals surface area contributed by atoms with Gasteiger partial charge in [0, 0.05) is 16.6 Å². The summed E-state index contributed by atoms with van der Waals surface area (Å²) in [7, 11) is 0. The Hall–Kier alpha value is -0.350. The van der Waals surface area contributed by atoms with Gasteiger partial charge in [0.2, 0.25) is 0 Å². The maximum absolute atomic E-state index is 11.6. The average molecular weight is 321 g/mol. The molecule has 2 N–H and O–H groups in total. The molecule has 76 valence electrons. The van der Waals surface area contributed by atoms with Crippen molar-refractivity contribution in [3.8, 4) is 0 Å². The van der Waals surface area contributed by atoms with Crippen LogP contribution >= 0.6 is 31.9 Å². The van der Waals surface area contributed by atoms with Gasteiger partial charge in [-0.15, -0.1) is 0 Å². The second kappa shape index (κ2) is 4.94. The molecule has 1 unspecified atom stereocenters. The van der Waals surface area contributed by atoms with Crippen molar-refractivity contribution >= 4 is 43.3 Å². The van der Waals surface area contributed by atoms with E-state index in [9.17, 15) is 4.79 Å². The number of alkyl halides is 2. The van der Waals surface area contributed by atoms with Crippen molar-refractivity contribution in [2.45, 2.75) is 17.1 Å². The monoisotopic (exact) mass is 319 g/mol. The van der Waals surface area contributed by atoms with E-state index in [2.05, 4.69) is 31.9 Å². The van der Waals surface area contributed by atoms with E-state index >= 15 is 0 Å². The van der Waals surface area contributed by atoms with Crippen molar-refractivity contribution in [1.29, 1.82) is 0 Å². The maximum atomic E-state index is 11.6. The zero-order valence-electron chi connectivity index (χ0n) is 7.76. The van der Waals surface area contributed by atoms with E-state index in [-0.39, 0.29) is 10.6 Å². The zero-order valence-corrected chi connectivity index (χ0v) is 10.9. The molecule has 1 aromatic carbocycles. The SMILES string of the molecule is CC(Br)C(=O)c1ccc(CBr)cc1N. The fourth-order valence-corrected chi connectivity index (χ4v) is 1.73. The first-order valence-electron chi connectivity index (χ1n) is 4.19. The topological polar surface area (TPSA) is 43.1 Å². The normalized spacial score (nSPS) is 12.5. The van der Waals surface area contributed by atoms with Gasteiger partial charge >= 0.3 is 0 Å². The molecule has 0 aromatic heterocycles. The molecule has 0 radical (unpaired) electrons. The van der Waals surface area contributed by atoms with Gasteiger partial charge in [-0.25, -0.2) is 0 Å². The average Bonchev–Trinajstić information content (AvgIpc) is 2.16. The van der Waals surface area contributed by atoms with Crippen LogP contribution in [0.2, 0.25) is 0 Å². The van der Waals surface area contributed by atoms with Crippen LogP contribution in [-0.4, -0.2) is 10.6 Å². The smallest absolute Gasteiger partial charge is 0.178 e. The van der Waals surface area contributed by atoms with Gasteiger partial charge in [0.1, 0.15) is 0 Å². The number of ketones is 1. The molecule has 0 amide bonds. The number of halogens is 2. The van der Waals surface area contributed by atoms with Crippen LogP contribution < -0.4 is 5.73 Å². The number of benzene rings is 1. The quantitative estimate of drug-likeness (QED) is 0.528. The van der Waals surface area contributed by atoms with Crippen LogP contribution in [0.1, 0.15) is 22.8 Å². The fourth-order valence-electron chi connectivity index (χ4n) is 1.13. The summed E-state index contributed by atoms with van der Waals surface area (Å²) in [6.45, 7) is 1.79. The molecule has 1 atom stereocenters. The minimum absolute atomic E-state index is 0.0172. The highest BCUT2D eigenvalue weighted by Crippen LogP contribution is 2.19. The molecular formula is C10H11Br2NO. The molecule has 0 spiro atoms. The summed E-state index contributed by atoms with van der Waals surface area (Å²) < 4.78 is 0. The number of anilines is 1. The highest BCUT2D eigenvalue weighted by atomic mass is 79.9. The number of nitrogens with two attached hydrogens (primary N) is 1. The molecule has 0 bridgehead atoms. The highest BCUT2D eigenvalue weighted by molar-refractivity contribution is 9.10. The van der Waals surface area contributed by atoms with E-state index < -0.39 is 0 Å². The molecule has 0 aliphatic heterocycles. The van der Waals surface area contributed by atoms with Gasteiger partial charge in [0.15, 0.2) is 5.78 Å². The van der Waals surface area contributed by atoms with E-state index in [4.69, 9.17) is 5.73 Å².